The molecule has 2 heterocycles. The Morgan fingerprint density at radius 3 is 1.18 bits per heavy atom. The third kappa shape index (κ3) is 5.40. The van der Waals surface area contributed by atoms with E-state index in [1.807, 2.05) is 78.9 Å². The summed E-state index contributed by atoms with van der Waals surface area (Å²) in [5.41, 5.74) is 4.63. The van der Waals surface area contributed by atoms with E-state index in [9.17, 15) is 9.59 Å². The molecular weight excluding hydrogens is 548 g/mol. The smallest absolute Gasteiger partial charge is 0.344 e. The van der Waals surface area contributed by atoms with Crippen LogP contribution in [-0.2, 0) is 0 Å². The van der Waals surface area contributed by atoms with Gasteiger partial charge in [0.1, 0.15) is 11.5 Å². The van der Waals surface area contributed by atoms with Crippen LogP contribution in [-0.4, -0.2) is 21.9 Å². The minimum Gasteiger partial charge on any atom is -0.423 e. The largest absolute Gasteiger partial charge is 0.423 e. The van der Waals surface area contributed by atoms with Gasteiger partial charge in [0.25, 0.3) is 0 Å². The van der Waals surface area contributed by atoms with Crippen LogP contribution in [0.1, 0.15) is 20.7 Å². The highest BCUT2D eigenvalue weighted by Crippen LogP contribution is 2.33. The molecule has 6 heteroatoms. The summed E-state index contributed by atoms with van der Waals surface area (Å²) in [5, 5.41) is 1.06. The maximum absolute atomic E-state index is 13.7. The number of para-hydroxylation sites is 2. The number of hydrogen-bond acceptors (Lipinski definition) is 6. The average molecular weight is 573 g/mol. The van der Waals surface area contributed by atoms with Gasteiger partial charge < -0.3 is 9.47 Å². The molecule has 5 aromatic carbocycles. The Kier molecular flexibility index (Phi) is 7.06. The van der Waals surface area contributed by atoms with Crippen molar-refractivity contribution in [1.82, 2.24) is 9.97 Å². The highest BCUT2D eigenvalue weighted by Gasteiger charge is 2.21. The van der Waals surface area contributed by atoms with Crippen molar-refractivity contribution in [1.29, 1.82) is 0 Å². The van der Waals surface area contributed by atoms with Gasteiger partial charge in [0, 0.05) is 21.9 Å². The predicted molar refractivity (Wildman–Crippen MR) is 171 cm³/mol. The molecule has 2 aromatic heterocycles. The second kappa shape index (κ2) is 11.6. The number of nitrogens with zero attached hydrogens (tertiary/aromatic N) is 2. The van der Waals surface area contributed by atoms with Crippen LogP contribution in [0.25, 0.3) is 44.3 Å². The van der Waals surface area contributed by atoms with Crippen molar-refractivity contribution in [2.75, 3.05) is 0 Å². The highest BCUT2D eigenvalue weighted by atomic mass is 16.5. The van der Waals surface area contributed by atoms with E-state index in [0.717, 1.165) is 11.1 Å². The van der Waals surface area contributed by atoms with Crippen LogP contribution in [0, 0.1) is 0 Å². The fourth-order valence-corrected chi connectivity index (χ4v) is 5.10. The van der Waals surface area contributed by atoms with Crippen LogP contribution < -0.4 is 9.47 Å². The summed E-state index contributed by atoms with van der Waals surface area (Å²) in [7, 11) is 0. The zero-order valence-corrected chi connectivity index (χ0v) is 23.4. The standard InChI is InChI=1S/C38H24N2O4/c41-37(43-27-17-9-3-10-18-27)31-22-33(25-13-5-1-6-14-25)39-35-24-36-30(21-29(31)35)32(38(42)44-28-19-11-4-12-20-28)23-34(40-36)26-15-7-2-8-16-26/h1-24H. The quantitative estimate of drug-likeness (QED) is 0.113. The number of carbonyl (C=O) groups is 2. The molecule has 0 aliphatic rings. The first kappa shape index (κ1) is 26.7. The number of fused-ring (bicyclic) bond motifs is 2. The molecule has 0 bridgehead atoms. The number of rotatable bonds is 6. The van der Waals surface area contributed by atoms with Crippen LogP contribution in [0.4, 0.5) is 0 Å². The summed E-state index contributed by atoms with van der Waals surface area (Å²) in [4.78, 5) is 37.2. The van der Waals surface area contributed by atoms with Gasteiger partial charge in [-0.3, -0.25) is 0 Å². The Morgan fingerprint density at radius 2 is 0.795 bits per heavy atom. The molecule has 0 saturated carbocycles. The molecule has 210 valence electrons. The van der Waals surface area contributed by atoms with Crippen molar-refractivity contribution in [3.63, 3.8) is 0 Å². The lowest BCUT2D eigenvalue weighted by Crippen LogP contribution is -2.12. The summed E-state index contributed by atoms with van der Waals surface area (Å²) in [6, 6.07) is 44.1. The third-order valence-corrected chi connectivity index (χ3v) is 7.22. The van der Waals surface area contributed by atoms with Gasteiger partial charge in [0.15, 0.2) is 0 Å². The second-order valence-electron chi connectivity index (χ2n) is 10.1. The summed E-state index contributed by atoms with van der Waals surface area (Å²) >= 11 is 0. The van der Waals surface area contributed by atoms with Crippen molar-refractivity contribution in [2.45, 2.75) is 0 Å². The topological polar surface area (TPSA) is 78.4 Å². The van der Waals surface area contributed by atoms with Crippen LogP contribution in [0.2, 0.25) is 0 Å². The van der Waals surface area contributed by atoms with Crippen LogP contribution in [0.15, 0.2) is 146 Å². The normalized spacial score (nSPS) is 10.9. The molecule has 0 unspecified atom stereocenters. The average Bonchev–Trinajstić information content (AvgIpc) is 3.08. The van der Waals surface area contributed by atoms with Gasteiger partial charge in [-0.25, -0.2) is 19.6 Å². The first-order valence-electron chi connectivity index (χ1n) is 14.1. The molecule has 0 aliphatic carbocycles. The monoisotopic (exact) mass is 572 g/mol. The fraction of sp³-hybridized carbons (Fsp3) is 0. The summed E-state index contributed by atoms with van der Waals surface area (Å²) in [6.07, 6.45) is 0. The Balaban J connectivity index is 1.46. The molecule has 0 aliphatic heterocycles. The van der Waals surface area contributed by atoms with E-state index in [1.54, 1.807) is 66.7 Å². The minimum atomic E-state index is -0.539. The second-order valence-corrected chi connectivity index (χ2v) is 10.1. The maximum atomic E-state index is 13.7. The van der Waals surface area contributed by atoms with E-state index in [-0.39, 0.29) is 0 Å². The van der Waals surface area contributed by atoms with Crippen molar-refractivity contribution in [3.05, 3.63) is 157 Å². The predicted octanol–water partition coefficient (Wildman–Crippen LogP) is 8.56. The van der Waals surface area contributed by atoms with Gasteiger partial charge in [-0.1, -0.05) is 97.1 Å². The van der Waals surface area contributed by atoms with Gasteiger partial charge in [0.05, 0.1) is 33.5 Å². The van der Waals surface area contributed by atoms with Crippen molar-refractivity contribution in [2.24, 2.45) is 0 Å². The van der Waals surface area contributed by atoms with Gasteiger partial charge in [-0.05, 0) is 48.5 Å². The first-order chi connectivity index (χ1) is 21.6. The number of carbonyl (C=O) groups excluding carboxylic acids is 2. The Bertz CT molecular complexity index is 1980. The lowest BCUT2D eigenvalue weighted by Gasteiger charge is -2.14. The van der Waals surface area contributed by atoms with E-state index in [1.165, 1.54) is 0 Å². The van der Waals surface area contributed by atoms with E-state index < -0.39 is 11.9 Å². The van der Waals surface area contributed by atoms with Crippen LogP contribution in [0.3, 0.4) is 0 Å². The Labute approximate surface area is 253 Å². The zero-order valence-electron chi connectivity index (χ0n) is 23.4. The molecule has 0 radical (unpaired) electrons. The number of hydrogen-bond donors (Lipinski definition) is 0. The van der Waals surface area contributed by atoms with Crippen LogP contribution >= 0.6 is 0 Å². The van der Waals surface area contributed by atoms with E-state index in [4.69, 9.17) is 19.4 Å². The maximum Gasteiger partial charge on any atom is 0.344 e. The number of esters is 2. The molecule has 0 saturated heterocycles. The number of aromatic nitrogens is 2. The first-order valence-corrected chi connectivity index (χ1v) is 14.1. The lowest BCUT2D eigenvalue weighted by molar-refractivity contribution is 0.0727. The summed E-state index contributed by atoms with van der Waals surface area (Å²) in [6.45, 7) is 0. The molecule has 0 N–H and O–H groups in total. The molecular formula is C38H24N2O4. The van der Waals surface area contributed by atoms with Crippen molar-refractivity contribution < 1.29 is 19.1 Å². The van der Waals surface area contributed by atoms with Crippen molar-refractivity contribution >= 4 is 33.7 Å². The number of ether oxygens (including phenoxy) is 2. The summed E-state index contributed by atoms with van der Waals surface area (Å²) < 4.78 is 11.5. The molecule has 0 fully saturated rings. The fourth-order valence-electron chi connectivity index (χ4n) is 5.10. The molecule has 0 amide bonds. The Morgan fingerprint density at radius 1 is 0.432 bits per heavy atom. The minimum absolute atomic E-state index is 0.314. The molecule has 7 rings (SSSR count). The molecule has 7 aromatic rings. The molecule has 44 heavy (non-hydrogen) atoms. The molecule has 0 spiro atoms. The van der Waals surface area contributed by atoms with E-state index in [0.29, 0.717) is 55.8 Å². The zero-order chi connectivity index (χ0) is 29.9. The molecule has 0 atom stereocenters. The van der Waals surface area contributed by atoms with Gasteiger partial charge in [-0.2, -0.15) is 0 Å². The SMILES string of the molecule is O=C(Oc1ccccc1)c1cc(-c2ccccc2)nc2cc3nc(-c4ccccc4)cc(C(=O)Oc4ccccc4)c3cc12. The van der Waals surface area contributed by atoms with Crippen molar-refractivity contribution in [3.8, 4) is 34.0 Å². The van der Waals surface area contributed by atoms with E-state index >= 15 is 0 Å². The van der Waals surface area contributed by atoms with E-state index in [2.05, 4.69) is 0 Å². The van der Waals surface area contributed by atoms with Crippen LogP contribution in [0.5, 0.6) is 11.5 Å². The van der Waals surface area contributed by atoms with Gasteiger partial charge >= 0.3 is 11.9 Å². The highest BCUT2D eigenvalue weighted by molar-refractivity contribution is 6.13. The number of pyridine rings is 2. The Hall–Kier alpha value is -6.14. The number of benzene rings is 5. The van der Waals surface area contributed by atoms with Gasteiger partial charge in [-0.15, -0.1) is 0 Å². The summed E-state index contributed by atoms with van der Waals surface area (Å²) in [5.74, 6) is -0.235. The third-order valence-electron chi connectivity index (χ3n) is 7.22. The molecule has 6 nitrogen and oxygen atoms in total. The lowest BCUT2D eigenvalue weighted by atomic mass is 9.99. The van der Waals surface area contributed by atoms with Gasteiger partial charge in [0.2, 0.25) is 0 Å².